The van der Waals surface area contributed by atoms with Crippen molar-refractivity contribution in [1.82, 2.24) is 4.90 Å². The predicted octanol–water partition coefficient (Wildman–Crippen LogP) is 0.474. The van der Waals surface area contributed by atoms with Gasteiger partial charge < -0.3 is 4.90 Å². The third-order valence-corrected chi connectivity index (χ3v) is 3.13. The van der Waals surface area contributed by atoms with Crippen LogP contribution < -0.4 is 0 Å². The molecule has 0 bridgehead atoms. The lowest BCUT2D eigenvalue weighted by Gasteiger charge is -2.07. The summed E-state index contributed by atoms with van der Waals surface area (Å²) in [6.45, 7) is 0.836. The molecule has 0 spiro atoms. The molecule has 1 N–H and O–H groups in total. The van der Waals surface area contributed by atoms with Crippen LogP contribution in [0, 0.1) is 0 Å². The quantitative estimate of drug-likeness (QED) is 0.396. The van der Waals surface area contributed by atoms with E-state index < -0.39 is 9.15 Å². The minimum absolute atomic E-state index is 0.441. The van der Waals surface area contributed by atoms with Crippen LogP contribution in [-0.4, -0.2) is 44.3 Å². The standard InChI is InChI=1S/C5H13NO3S2/c1-6(2)4-3-5-10-11(7,8)9/h3-5H2,1-2H3,(H,7,8,9). The lowest BCUT2D eigenvalue weighted by atomic mass is 10.5. The third-order valence-electron chi connectivity index (χ3n) is 0.982. The van der Waals surface area contributed by atoms with E-state index in [9.17, 15) is 8.42 Å². The largest absolute Gasteiger partial charge is 0.319 e. The fourth-order valence-electron chi connectivity index (χ4n) is 0.545. The number of rotatable bonds is 5. The van der Waals surface area contributed by atoms with E-state index in [2.05, 4.69) is 0 Å². The van der Waals surface area contributed by atoms with Gasteiger partial charge >= 0.3 is 9.15 Å². The zero-order chi connectivity index (χ0) is 8.91. The molecule has 0 unspecified atom stereocenters. The Hall–Kier alpha value is 0.220. The van der Waals surface area contributed by atoms with Crippen LogP contribution in [0.25, 0.3) is 0 Å². The summed E-state index contributed by atoms with van der Waals surface area (Å²) in [7, 11) is 0.582. The maximum atomic E-state index is 10.2. The highest BCUT2D eigenvalue weighted by atomic mass is 33.1. The second-order valence-electron chi connectivity index (χ2n) is 2.41. The van der Waals surface area contributed by atoms with Gasteiger partial charge in [-0.15, -0.1) is 0 Å². The van der Waals surface area contributed by atoms with Gasteiger partial charge in [-0.05, 0) is 37.9 Å². The molecule has 11 heavy (non-hydrogen) atoms. The highest BCUT2D eigenvalue weighted by Gasteiger charge is 2.03. The summed E-state index contributed by atoms with van der Waals surface area (Å²) in [6, 6.07) is 0. The minimum Gasteiger partial charge on any atom is -0.309 e. The zero-order valence-corrected chi connectivity index (χ0v) is 8.28. The molecule has 0 aliphatic rings. The molecule has 0 aliphatic carbocycles. The number of hydrogen-bond donors (Lipinski definition) is 1. The van der Waals surface area contributed by atoms with Crippen molar-refractivity contribution in [2.45, 2.75) is 6.42 Å². The summed E-state index contributed by atoms with van der Waals surface area (Å²) in [5, 5.41) is 0. The van der Waals surface area contributed by atoms with Crippen LogP contribution in [0.15, 0.2) is 0 Å². The molecule has 0 radical (unpaired) electrons. The molecule has 0 fully saturated rings. The Morgan fingerprint density at radius 2 is 2.00 bits per heavy atom. The van der Waals surface area contributed by atoms with Crippen molar-refractivity contribution in [2.75, 3.05) is 26.4 Å². The van der Waals surface area contributed by atoms with Crippen molar-refractivity contribution in [3.8, 4) is 0 Å². The highest BCUT2D eigenvalue weighted by Crippen LogP contribution is 2.09. The molecule has 0 atom stereocenters. The van der Waals surface area contributed by atoms with E-state index in [0.717, 1.165) is 13.0 Å². The minimum atomic E-state index is -3.82. The van der Waals surface area contributed by atoms with E-state index in [1.807, 2.05) is 19.0 Å². The van der Waals surface area contributed by atoms with Gasteiger partial charge in [-0.1, -0.05) is 0 Å². The van der Waals surface area contributed by atoms with Crippen LogP contribution in [0.4, 0.5) is 0 Å². The van der Waals surface area contributed by atoms with Gasteiger partial charge in [0.2, 0.25) is 0 Å². The summed E-state index contributed by atoms with van der Waals surface area (Å²) in [5.41, 5.74) is 0. The van der Waals surface area contributed by atoms with Gasteiger partial charge in [0.15, 0.2) is 0 Å². The molecule has 0 aromatic heterocycles. The van der Waals surface area contributed by atoms with Crippen molar-refractivity contribution in [3.63, 3.8) is 0 Å². The Morgan fingerprint density at radius 3 is 2.36 bits per heavy atom. The smallest absolute Gasteiger partial charge is 0.309 e. The molecule has 0 saturated carbocycles. The van der Waals surface area contributed by atoms with Crippen molar-refractivity contribution in [3.05, 3.63) is 0 Å². The van der Waals surface area contributed by atoms with E-state index in [1.165, 1.54) is 0 Å². The Labute approximate surface area is 71.1 Å². The Bertz CT molecular complexity index is 188. The average Bonchev–Trinajstić information content (AvgIpc) is 1.78. The molecular formula is C5H13NO3S2. The number of nitrogens with zero attached hydrogens (tertiary/aromatic N) is 1. The molecule has 0 rings (SSSR count). The molecule has 6 heteroatoms. The molecule has 0 aromatic rings. The first-order valence-electron chi connectivity index (χ1n) is 3.18. The van der Waals surface area contributed by atoms with Gasteiger partial charge in [0.1, 0.15) is 0 Å². The fraction of sp³-hybridized carbons (Fsp3) is 1.00. The molecule has 0 amide bonds. The van der Waals surface area contributed by atoms with Crippen LogP contribution in [0.2, 0.25) is 0 Å². The second kappa shape index (κ2) is 4.97. The second-order valence-corrected chi connectivity index (χ2v) is 5.88. The van der Waals surface area contributed by atoms with Crippen LogP contribution in [0.3, 0.4) is 0 Å². The first-order valence-corrected chi connectivity index (χ1v) is 6.12. The molecule has 0 aromatic carbocycles. The topological polar surface area (TPSA) is 57.6 Å². The number of hydrogen-bond acceptors (Lipinski definition) is 4. The van der Waals surface area contributed by atoms with Crippen LogP contribution in [-0.2, 0) is 9.15 Å². The monoisotopic (exact) mass is 199 g/mol. The molecule has 0 saturated heterocycles. The molecule has 4 nitrogen and oxygen atoms in total. The van der Waals surface area contributed by atoms with E-state index in [0.29, 0.717) is 16.5 Å². The molecule has 0 aliphatic heterocycles. The molecule has 68 valence electrons. The lowest BCUT2D eigenvalue weighted by Crippen LogP contribution is -2.13. The van der Waals surface area contributed by atoms with Gasteiger partial charge in [-0.25, -0.2) is 0 Å². The fourth-order valence-corrected chi connectivity index (χ4v) is 1.99. The van der Waals surface area contributed by atoms with Gasteiger partial charge in [0, 0.05) is 5.75 Å². The molecular weight excluding hydrogens is 186 g/mol. The normalized spacial score (nSPS) is 12.4. The Morgan fingerprint density at radius 1 is 1.45 bits per heavy atom. The Kier molecular flexibility index (Phi) is 5.07. The SMILES string of the molecule is CN(C)CCCSS(=O)(=O)O. The average molecular weight is 199 g/mol. The van der Waals surface area contributed by atoms with Crippen molar-refractivity contribution >= 4 is 19.9 Å². The zero-order valence-electron chi connectivity index (χ0n) is 6.65. The Balaban J connectivity index is 3.30. The van der Waals surface area contributed by atoms with Crippen molar-refractivity contribution in [2.24, 2.45) is 0 Å². The van der Waals surface area contributed by atoms with Crippen LogP contribution >= 0.6 is 10.8 Å². The van der Waals surface area contributed by atoms with E-state index >= 15 is 0 Å². The lowest BCUT2D eigenvalue weighted by molar-refractivity contribution is 0.410. The van der Waals surface area contributed by atoms with E-state index in [1.54, 1.807) is 0 Å². The first-order chi connectivity index (χ1) is 4.92. The summed E-state index contributed by atoms with van der Waals surface area (Å²) in [5.74, 6) is 0.441. The summed E-state index contributed by atoms with van der Waals surface area (Å²) >= 11 is 0. The van der Waals surface area contributed by atoms with Crippen LogP contribution in [0.5, 0.6) is 0 Å². The highest BCUT2D eigenvalue weighted by molar-refractivity contribution is 8.69. The van der Waals surface area contributed by atoms with Crippen molar-refractivity contribution in [1.29, 1.82) is 0 Å². The maximum Gasteiger partial charge on any atom is 0.319 e. The summed E-state index contributed by atoms with van der Waals surface area (Å²) in [6.07, 6.45) is 0.761. The van der Waals surface area contributed by atoms with Gasteiger partial charge in [-0.2, -0.15) is 8.42 Å². The first kappa shape index (κ1) is 11.2. The van der Waals surface area contributed by atoms with E-state index in [-0.39, 0.29) is 0 Å². The predicted molar refractivity (Wildman–Crippen MR) is 47.2 cm³/mol. The van der Waals surface area contributed by atoms with E-state index in [4.69, 9.17) is 4.55 Å². The van der Waals surface area contributed by atoms with Crippen LogP contribution in [0.1, 0.15) is 6.42 Å². The summed E-state index contributed by atoms with van der Waals surface area (Å²) < 4.78 is 28.7. The van der Waals surface area contributed by atoms with Gasteiger partial charge in [0.05, 0.1) is 0 Å². The summed E-state index contributed by atoms with van der Waals surface area (Å²) in [4.78, 5) is 1.96. The molecule has 0 heterocycles. The van der Waals surface area contributed by atoms with Crippen molar-refractivity contribution < 1.29 is 13.0 Å². The maximum absolute atomic E-state index is 10.2. The third kappa shape index (κ3) is 10.2. The van der Waals surface area contributed by atoms with Gasteiger partial charge in [-0.3, -0.25) is 4.55 Å². The van der Waals surface area contributed by atoms with Gasteiger partial charge in [0.25, 0.3) is 0 Å².